The Kier molecular flexibility index (Phi) is 6.08. The van der Waals surface area contributed by atoms with Crippen LogP contribution in [0.25, 0.3) is 0 Å². The zero-order valence-corrected chi connectivity index (χ0v) is 15.9. The highest BCUT2D eigenvalue weighted by Gasteiger charge is 2.26. The molecule has 1 unspecified atom stereocenters. The number of halogens is 2. The minimum absolute atomic E-state index is 0.0905. The molecule has 1 aromatic carbocycles. The number of amides is 2. The van der Waals surface area contributed by atoms with Gasteiger partial charge in [-0.3, -0.25) is 9.59 Å². The Balaban J connectivity index is 2.00. The molecule has 134 valence electrons. The van der Waals surface area contributed by atoms with Crippen molar-refractivity contribution in [2.75, 3.05) is 18.9 Å². The van der Waals surface area contributed by atoms with E-state index < -0.39 is 5.92 Å². The van der Waals surface area contributed by atoms with Gasteiger partial charge in [-0.15, -0.1) is 0 Å². The molecule has 8 heteroatoms. The molecule has 6 nitrogen and oxygen atoms in total. The summed E-state index contributed by atoms with van der Waals surface area (Å²) >= 11 is 11.8. The minimum atomic E-state index is -0.450. The van der Waals surface area contributed by atoms with Gasteiger partial charge in [0, 0.05) is 18.3 Å². The van der Waals surface area contributed by atoms with E-state index in [1.165, 1.54) is 4.90 Å². The normalized spacial score (nSPS) is 11.9. The Morgan fingerprint density at radius 3 is 2.52 bits per heavy atom. The van der Waals surface area contributed by atoms with Crippen molar-refractivity contribution in [3.8, 4) is 0 Å². The number of hydrogen-bond donors (Lipinski definition) is 1. The molecule has 0 bridgehead atoms. The molecule has 0 aliphatic rings. The van der Waals surface area contributed by atoms with Gasteiger partial charge in [0.2, 0.25) is 11.8 Å². The number of aromatic nitrogens is 1. The maximum absolute atomic E-state index is 12.6. The summed E-state index contributed by atoms with van der Waals surface area (Å²) in [6, 6.07) is 4.78. The number of carbonyl (C=O) groups is 2. The third-order valence-corrected chi connectivity index (χ3v) is 4.59. The molecule has 2 aromatic rings. The van der Waals surface area contributed by atoms with E-state index in [0.29, 0.717) is 27.2 Å². The van der Waals surface area contributed by atoms with Crippen LogP contribution in [-0.4, -0.2) is 35.5 Å². The fourth-order valence-corrected chi connectivity index (χ4v) is 2.93. The number of nitrogens with one attached hydrogen (secondary N) is 1. The smallest absolute Gasteiger partial charge is 0.243 e. The van der Waals surface area contributed by atoms with E-state index in [0.717, 1.165) is 5.56 Å². The van der Waals surface area contributed by atoms with Crippen LogP contribution in [0, 0.1) is 13.8 Å². The zero-order chi connectivity index (χ0) is 18.7. The maximum atomic E-state index is 12.6. The molecule has 0 spiro atoms. The Morgan fingerprint density at radius 2 is 1.96 bits per heavy atom. The van der Waals surface area contributed by atoms with Crippen LogP contribution < -0.4 is 5.32 Å². The third kappa shape index (κ3) is 4.52. The molecule has 25 heavy (non-hydrogen) atoms. The van der Waals surface area contributed by atoms with Crippen molar-refractivity contribution < 1.29 is 14.1 Å². The van der Waals surface area contributed by atoms with Crippen LogP contribution in [0.1, 0.15) is 29.9 Å². The molecule has 1 aromatic heterocycles. The molecule has 2 amide bonds. The maximum Gasteiger partial charge on any atom is 0.243 e. The van der Waals surface area contributed by atoms with Gasteiger partial charge in [0.05, 0.1) is 28.2 Å². The molecular formula is C17H19Cl2N3O3. The number of nitrogens with zero attached hydrogens (tertiary/aromatic N) is 2. The average molecular weight is 384 g/mol. The summed E-state index contributed by atoms with van der Waals surface area (Å²) in [5, 5.41) is 7.29. The highest BCUT2D eigenvalue weighted by Crippen LogP contribution is 2.26. The Morgan fingerprint density at radius 1 is 1.28 bits per heavy atom. The van der Waals surface area contributed by atoms with Gasteiger partial charge < -0.3 is 14.7 Å². The van der Waals surface area contributed by atoms with Gasteiger partial charge in [-0.05, 0) is 39.0 Å². The van der Waals surface area contributed by atoms with Crippen molar-refractivity contribution in [2.45, 2.75) is 26.7 Å². The summed E-state index contributed by atoms with van der Waals surface area (Å²) < 4.78 is 5.10. The Bertz CT molecular complexity index is 785. The second kappa shape index (κ2) is 7.89. The van der Waals surface area contributed by atoms with Gasteiger partial charge in [0.15, 0.2) is 0 Å². The summed E-state index contributed by atoms with van der Waals surface area (Å²) in [4.78, 5) is 26.1. The average Bonchev–Trinajstić information content (AvgIpc) is 2.88. The van der Waals surface area contributed by atoms with E-state index in [-0.39, 0.29) is 18.4 Å². The fraction of sp³-hybridized carbons (Fsp3) is 0.353. The molecule has 0 aliphatic carbocycles. The van der Waals surface area contributed by atoms with Crippen LogP contribution in [0.5, 0.6) is 0 Å². The van der Waals surface area contributed by atoms with E-state index in [1.807, 2.05) is 0 Å². The topological polar surface area (TPSA) is 75.4 Å². The number of likely N-dealkylation sites (N-methyl/N-ethyl adjacent to an activating group) is 1. The lowest BCUT2D eigenvalue weighted by Crippen LogP contribution is -2.37. The van der Waals surface area contributed by atoms with Gasteiger partial charge in [-0.25, -0.2) is 0 Å². The lowest BCUT2D eigenvalue weighted by molar-refractivity contribution is -0.134. The standard InChI is InChI=1S/C17H19Cl2N3O3/c1-9(16-10(2)21-25-11(16)3)17(24)22(4)8-15(23)20-12-5-6-13(18)14(19)7-12/h5-7,9H,8H2,1-4H3,(H,20,23). The van der Waals surface area contributed by atoms with E-state index in [9.17, 15) is 9.59 Å². The lowest BCUT2D eigenvalue weighted by Gasteiger charge is -2.21. The lowest BCUT2D eigenvalue weighted by atomic mass is 9.98. The second-order valence-electron chi connectivity index (χ2n) is 5.83. The first-order valence-electron chi connectivity index (χ1n) is 7.63. The first-order valence-corrected chi connectivity index (χ1v) is 8.39. The number of hydrogen-bond acceptors (Lipinski definition) is 4. The highest BCUT2D eigenvalue weighted by atomic mass is 35.5. The SMILES string of the molecule is Cc1noc(C)c1C(C)C(=O)N(C)CC(=O)Nc1ccc(Cl)c(Cl)c1. The van der Waals surface area contributed by atoms with Gasteiger partial charge in [0.25, 0.3) is 0 Å². The number of anilines is 1. The van der Waals surface area contributed by atoms with Crippen LogP contribution in [0.2, 0.25) is 10.0 Å². The summed E-state index contributed by atoms with van der Waals surface area (Å²) in [6.45, 7) is 5.22. The number of rotatable bonds is 5. The molecule has 1 N–H and O–H groups in total. The van der Waals surface area contributed by atoms with Crippen molar-refractivity contribution in [3.63, 3.8) is 0 Å². The Hall–Kier alpha value is -2.05. The van der Waals surface area contributed by atoms with Crippen molar-refractivity contribution in [1.82, 2.24) is 10.1 Å². The third-order valence-electron chi connectivity index (χ3n) is 3.85. The quantitative estimate of drug-likeness (QED) is 0.851. The first-order chi connectivity index (χ1) is 11.7. The molecule has 0 saturated carbocycles. The fourth-order valence-electron chi connectivity index (χ4n) is 2.63. The minimum Gasteiger partial charge on any atom is -0.361 e. The van der Waals surface area contributed by atoms with Crippen LogP contribution in [0.4, 0.5) is 5.69 Å². The van der Waals surface area contributed by atoms with Crippen LogP contribution in [0.15, 0.2) is 22.7 Å². The summed E-state index contributed by atoms with van der Waals surface area (Å²) in [6.07, 6.45) is 0. The van der Waals surface area contributed by atoms with Crippen LogP contribution in [0.3, 0.4) is 0 Å². The Labute approximate surface area is 156 Å². The van der Waals surface area contributed by atoms with Gasteiger partial charge >= 0.3 is 0 Å². The molecule has 0 radical (unpaired) electrons. The molecule has 1 atom stereocenters. The van der Waals surface area contributed by atoms with Gasteiger partial charge in [-0.2, -0.15) is 0 Å². The van der Waals surface area contributed by atoms with Gasteiger partial charge in [0.1, 0.15) is 5.76 Å². The van der Waals surface area contributed by atoms with E-state index in [2.05, 4.69) is 10.5 Å². The van der Waals surface area contributed by atoms with Crippen LogP contribution >= 0.6 is 23.2 Å². The number of benzene rings is 1. The monoisotopic (exact) mass is 383 g/mol. The largest absolute Gasteiger partial charge is 0.361 e. The first kappa shape index (κ1) is 19.3. The van der Waals surface area contributed by atoms with Crippen molar-refractivity contribution in [1.29, 1.82) is 0 Å². The number of aryl methyl sites for hydroxylation is 2. The summed E-state index contributed by atoms with van der Waals surface area (Å²) in [5.41, 5.74) is 1.94. The molecule has 1 heterocycles. The van der Waals surface area contributed by atoms with Crippen molar-refractivity contribution in [2.24, 2.45) is 0 Å². The zero-order valence-electron chi connectivity index (χ0n) is 14.4. The number of carbonyl (C=O) groups excluding carboxylic acids is 2. The molecule has 0 saturated heterocycles. The van der Waals surface area contributed by atoms with Gasteiger partial charge in [-0.1, -0.05) is 28.4 Å². The molecule has 0 fully saturated rings. The van der Waals surface area contributed by atoms with Crippen molar-refractivity contribution in [3.05, 3.63) is 45.3 Å². The predicted molar refractivity (Wildman–Crippen MR) is 97.1 cm³/mol. The second-order valence-corrected chi connectivity index (χ2v) is 6.65. The van der Waals surface area contributed by atoms with Crippen molar-refractivity contribution >= 4 is 40.7 Å². The summed E-state index contributed by atoms with van der Waals surface area (Å²) in [7, 11) is 1.57. The van der Waals surface area contributed by atoms with Crippen LogP contribution in [-0.2, 0) is 9.59 Å². The molecule has 2 rings (SSSR count). The predicted octanol–water partition coefficient (Wildman–Crippen LogP) is 3.80. The van der Waals surface area contributed by atoms with E-state index in [4.69, 9.17) is 27.7 Å². The molecular weight excluding hydrogens is 365 g/mol. The van der Waals surface area contributed by atoms with E-state index >= 15 is 0 Å². The van der Waals surface area contributed by atoms with E-state index in [1.54, 1.807) is 46.0 Å². The summed E-state index contributed by atoms with van der Waals surface area (Å²) in [5.74, 6) is -0.375. The highest BCUT2D eigenvalue weighted by molar-refractivity contribution is 6.42. The molecule has 0 aliphatic heterocycles.